The molecular weight excluding hydrogens is 468 g/mol. The summed E-state index contributed by atoms with van der Waals surface area (Å²) in [6.07, 6.45) is 0. The van der Waals surface area contributed by atoms with Crippen LogP contribution in [0.4, 0.5) is 13.2 Å². The third-order valence-corrected chi connectivity index (χ3v) is 9.25. The molecule has 0 fully saturated rings. The predicted molar refractivity (Wildman–Crippen MR) is 108 cm³/mol. The molecule has 0 aromatic heterocycles. The van der Waals surface area contributed by atoms with E-state index in [0.29, 0.717) is 10.0 Å². The van der Waals surface area contributed by atoms with E-state index in [2.05, 4.69) is 0 Å². The van der Waals surface area contributed by atoms with E-state index in [-0.39, 0.29) is 14.7 Å². The second-order valence-electron chi connectivity index (χ2n) is 5.74. The SMILES string of the molecule is O=S(=O)(OS(c1ccccc1)(c1ccc(Cl)cc1)c1ccc(Cl)cc1)C(F)(F)F. The van der Waals surface area contributed by atoms with E-state index in [1.807, 2.05) is 0 Å². The van der Waals surface area contributed by atoms with Crippen LogP contribution < -0.4 is 0 Å². The minimum atomic E-state index is -5.95. The minimum absolute atomic E-state index is 0.225. The molecule has 29 heavy (non-hydrogen) atoms. The molecule has 0 N–H and O–H groups in total. The second kappa shape index (κ2) is 8.20. The van der Waals surface area contributed by atoms with Gasteiger partial charge < -0.3 is 0 Å². The summed E-state index contributed by atoms with van der Waals surface area (Å²) in [5.74, 6) is 0. The van der Waals surface area contributed by atoms with Crippen LogP contribution >= 0.6 is 33.5 Å². The van der Waals surface area contributed by atoms with Gasteiger partial charge >= 0.3 is 15.6 Å². The van der Waals surface area contributed by atoms with Crippen molar-refractivity contribution in [3.8, 4) is 0 Å². The smallest absolute Gasteiger partial charge is 0.200 e. The zero-order valence-electron chi connectivity index (χ0n) is 14.4. The van der Waals surface area contributed by atoms with Gasteiger partial charge in [0.1, 0.15) is 0 Å². The van der Waals surface area contributed by atoms with Gasteiger partial charge in [-0.2, -0.15) is 25.2 Å². The van der Waals surface area contributed by atoms with Gasteiger partial charge in [0.2, 0.25) is 0 Å². The molecule has 0 atom stereocenters. The van der Waals surface area contributed by atoms with Gasteiger partial charge in [0.05, 0.1) is 0 Å². The fourth-order valence-corrected chi connectivity index (χ4v) is 7.54. The van der Waals surface area contributed by atoms with Gasteiger partial charge in [-0.15, -0.1) is 0 Å². The van der Waals surface area contributed by atoms with Crippen molar-refractivity contribution in [3.05, 3.63) is 88.9 Å². The lowest BCUT2D eigenvalue weighted by atomic mass is 10.3. The first kappa shape index (κ1) is 22.0. The van der Waals surface area contributed by atoms with Crippen molar-refractivity contribution in [3.63, 3.8) is 0 Å². The van der Waals surface area contributed by atoms with Gasteiger partial charge in [0, 0.05) is 24.7 Å². The third-order valence-electron chi connectivity index (χ3n) is 3.84. The van der Waals surface area contributed by atoms with Gasteiger partial charge in [0.25, 0.3) is 0 Å². The summed E-state index contributed by atoms with van der Waals surface area (Å²) >= 11 is 11.9. The summed E-state index contributed by atoms with van der Waals surface area (Å²) in [4.78, 5) is 0.712. The van der Waals surface area contributed by atoms with E-state index < -0.39 is 25.9 Å². The van der Waals surface area contributed by atoms with Gasteiger partial charge in [0.15, 0.2) is 0 Å². The van der Waals surface area contributed by atoms with Crippen LogP contribution in [0.25, 0.3) is 0 Å². The van der Waals surface area contributed by atoms with Crippen molar-refractivity contribution in [2.24, 2.45) is 0 Å². The summed E-state index contributed by atoms with van der Waals surface area (Å²) in [6.45, 7) is 0. The molecular formula is C19H13Cl2F3O3S2. The molecule has 3 aromatic carbocycles. The number of hydrogen-bond donors (Lipinski definition) is 0. The van der Waals surface area contributed by atoms with Gasteiger partial charge in [-0.05, 0) is 71.0 Å². The predicted octanol–water partition coefficient (Wildman–Crippen LogP) is 7.06. The molecule has 3 rings (SSSR count). The summed E-state index contributed by atoms with van der Waals surface area (Å²) in [7, 11) is -9.28. The van der Waals surface area contributed by atoms with Crippen molar-refractivity contribution < 1.29 is 25.2 Å². The Morgan fingerprint density at radius 1 is 0.655 bits per heavy atom. The Labute approximate surface area is 177 Å². The zero-order chi connectivity index (χ0) is 21.3. The highest BCUT2D eigenvalue weighted by molar-refractivity contribution is 8.33. The van der Waals surface area contributed by atoms with E-state index in [0.717, 1.165) is 0 Å². The average molecular weight is 481 g/mol. The van der Waals surface area contributed by atoms with E-state index >= 15 is 0 Å². The molecule has 0 amide bonds. The molecule has 154 valence electrons. The van der Waals surface area contributed by atoms with Crippen LogP contribution in [0.3, 0.4) is 0 Å². The molecule has 0 unspecified atom stereocenters. The molecule has 10 heteroatoms. The molecule has 3 nitrogen and oxygen atoms in total. The lowest BCUT2D eigenvalue weighted by molar-refractivity contribution is -0.0496. The number of alkyl halides is 3. The topological polar surface area (TPSA) is 43.4 Å². The van der Waals surface area contributed by atoms with Crippen molar-refractivity contribution >= 4 is 43.6 Å². The molecule has 0 aliphatic rings. The Bertz CT molecular complexity index is 1040. The first-order valence-electron chi connectivity index (χ1n) is 7.98. The monoisotopic (exact) mass is 480 g/mol. The van der Waals surface area contributed by atoms with E-state index in [1.54, 1.807) is 18.2 Å². The normalized spacial score (nSPS) is 13.3. The Hall–Kier alpha value is -1.71. The highest BCUT2D eigenvalue weighted by Gasteiger charge is 2.52. The summed E-state index contributed by atoms with van der Waals surface area (Å²) < 4.78 is 69.3. The van der Waals surface area contributed by atoms with Crippen molar-refractivity contribution in [1.29, 1.82) is 0 Å². The molecule has 0 spiro atoms. The van der Waals surface area contributed by atoms with Gasteiger partial charge in [-0.1, -0.05) is 41.4 Å². The lowest BCUT2D eigenvalue weighted by Crippen LogP contribution is -2.27. The lowest BCUT2D eigenvalue weighted by Gasteiger charge is -2.39. The highest BCUT2D eigenvalue weighted by Crippen LogP contribution is 2.70. The van der Waals surface area contributed by atoms with E-state index in [4.69, 9.17) is 26.8 Å². The van der Waals surface area contributed by atoms with Crippen LogP contribution in [-0.4, -0.2) is 13.9 Å². The molecule has 0 heterocycles. The van der Waals surface area contributed by atoms with Crippen LogP contribution in [0, 0.1) is 0 Å². The first-order valence-corrected chi connectivity index (χ1v) is 11.7. The molecule has 0 aliphatic carbocycles. The molecule has 0 aliphatic heterocycles. The van der Waals surface area contributed by atoms with Crippen LogP contribution in [0.1, 0.15) is 0 Å². The molecule has 0 bridgehead atoms. The van der Waals surface area contributed by atoms with E-state index in [1.165, 1.54) is 60.7 Å². The molecule has 3 aromatic rings. The quantitative estimate of drug-likeness (QED) is 0.367. The average Bonchev–Trinajstić information content (AvgIpc) is 2.67. The highest BCUT2D eigenvalue weighted by atomic mass is 35.5. The maximum Gasteiger partial charge on any atom is 0.524 e. The Morgan fingerprint density at radius 2 is 1.03 bits per heavy atom. The maximum atomic E-state index is 13.3. The summed E-state index contributed by atoms with van der Waals surface area (Å²) in [5, 5.41) is 0.676. The fraction of sp³-hybridized carbons (Fsp3) is 0.0526. The fourth-order valence-electron chi connectivity index (χ4n) is 2.56. The van der Waals surface area contributed by atoms with Crippen molar-refractivity contribution in [2.75, 3.05) is 0 Å². The molecule has 0 radical (unpaired) electrons. The Morgan fingerprint density at radius 3 is 1.41 bits per heavy atom. The third kappa shape index (κ3) is 4.41. The number of halogens is 5. The van der Waals surface area contributed by atoms with Crippen molar-refractivity contribution in [1.82, 2.24) is 0 Å². The van der Waals surface area contributed by atoms with Crippen LogP contribution in [0.2, 0.25) is 10.0 Å². The number of hydrogen-bond acceptors (Lipinski definition) is 3. The van der Waals surface area contributed by atoms with E-state index in [9.17, 15) is 21.6 Å². The number of benzene rings is 3. The summed E-state index contributed by atoms with van der Waals surface area (Å²) in [6, 6.07) is 19.5. The van der Waals surface area contributed by atoms with Gasteiger partial charge in [-0.25, -0.2) is 0 Å². The zero-order valence-corrected chi connectivity index (χ0v) is 17.6. The standard InChI is InChI=1S/C19H13Cl2F3O3S2/c20-14-6-10-17(11-7-14)28(16-4-2-1-3-5-16,18-12-8-15(21)9-13-18)27-29(25,26)19(22,23)24/h1-13H. The molecule has 0 saturated heterocycles. The van der Waals surface area contributed by atoms with Crippen molar-refractivity contribution in [2.45, 2.75) is 20.2 Å². The maximum absolute atomic E-state index is 13.3. The minimum Gasteiger partial charge on any atom is -0.200 e. The first-order chi connectivity index (χ1) is 13.6. The van der Waals surface area contributed by atoms with Crippen LogP contribution in [0.5, 0.6) is 0 Å². The Kier molecular flexibility index (Phi) is 6.21. The Balaban J connectivity index is 2.39. The number of rotatable bonds is 5. The van der Waals surface area contributed by atoms with Crippen LogP contribution in [-0.2, 0) is 13.7 Å². The molecule has 0 saturated carbocycles. The van der Waals surface area contributed by atoms with Gasteiger partial charge in [-0.3, -0.25) is 0 Å². The second-order valence-corrected chi connectivity index (χ2v) is 11.1. The summed E-state index contributed by atoms with van der Waals surface area (Å²) in [5.41, 5.74) is -5.60. The van der Waals surface area contributed by atoms with Crippen LogP contribution in [0.15, 0.2) is 93.5 Å². The largest absolute Gasteiger partial charge is 0.524 e.